The first-order chi connectivity index (χ1) is 27.5. The normalized spacial score (nSPS) is 10.8. The number of anilines is 2. The Kier molecular flexibility index (Phi) is 21.7. The van der Waals surface area contributed by atoms with Crippen molar-refractivity contribution >= 4 is 107 Å². The van der Waals surface area contributed by atoms with Gasteiger partial charge in [0.15, 0.2) is 0 Å². The highest BCUT2D eigenvalue weighted by atomic mass is 35.5. The molecule has 0 radical (unpaired) electrons. The molecular weight excluding hydrogens is 792 g/mol. The number of rotatable bonds is 23. The fraction of sp³-hybridized carbons (Fsp3) is 0.235. The van der Waals surface area contributed by atoms with Crippen molar-refractivity contribution in [2.75, 3.05) is 10.6 Å². The van der Waals surface area contributed by atoms with Gasteiger partial charge in [0, 0.05) is 46.5 Å². The summed E-state index contributed by atoms with van der Waals surface area (Å²) in [6, 6.07) is 7.95. The molecule has 25 heteroatoms. The van der Waals surface area contributed by atoms with E-state index in [1.807, 2.05) is 0 Å². The van der Waals surface area contributed by atoms with Crippen LogP contribution in [0.3, 0.4) is 0 Å². The van der Waals surface area contributed by atoms with Crippen molar-refractivity contribution in [3.63, 3.8) is 0 Å². The Labute approximate surface area is 343 Å². The van der Waals surface area contributed by atoms with Crippen LogP contribution in [0.15, 0.2) is 77.2 Å². The summed E-state index contributed by atoms with van der Waals surface area (Å²) in [6.45, 7) is 0. The molecule has 0 aliphatic rings. The van der Waals surface area contributed by atoms with Gasteiger partial charge < -0.3 is 56.5 Å². The number of unbranched alkanes of at least 4 members (excludes halogenated alkanes) is 5. The number of hydrogen-bond donors (Lipinski definition) is 10. The molecule has 24 nitrogen and oxygen atoms in total. The lowest BCUT2D eigenvalue weighted by Crippen LogP contribution is -2.22. The van der Waals surface area contributed by atoms with Gasteiger partial charge in [0.2, 0.25) is 58.8 Å². The number of halogens is 1. The summed E-state index contributed by atoms with van der Waals surface area (Å²) in [5.41, 5.74) is 42.0. The number of benzene rings is 2. The molecule has 2 rings (SSSR count). The Hall–Kier alpha value is -7.89. The summed E-state index contributed by atoms with van der Waals surface area (Å²) in [6.07, 6.45) is 7.70. The van der Waals surface area contributed by atoms with Crippen molar-refractivity contribution in [2.24, 2.45) is 86.7 Å². The van der Waals surface area contributed by atoms with Crippen LogP contribution < -0.4 is 56.5 Å². The summed E-state index contributed by atoms with van der Waals surface area (Å²) < 4.78 is 0. The van der Waals surface area contributed by atoms with Gasteiger partial charge in [-0.05, 0) is 49.2 Å². The van der Waals surface area contributed by atoms with Crippen LogP contribution in [-0.4, -0.2) is 83.6 Å². The van der Waals surface area contributed by atoms with Crippen molar-refractivity contribution < 1.29 is 28.8 Å². The molecule has 0 heterocycles. The number of ketones is 4. The van der Waals surface area contributed by atoms with Crippen LogP contribution in [0.4, 0.5) is 11.4 Å². The number of guanidine groups is 4. The van der Waals surface area contributed by atoms with E-state index in [2.05, 4.69) is 51.4 Å². The quantitative estimate of drug-likeness (QED) is 0.0223. The van der Waals surface area contributed by atoms with Gasteiger partial charge in [-0.2, -0.15) is 20.4 Å². The monoisotopic (exact) mass is 836 g/mol. The van der Waals surface area contributed by atoms with Crippen molar-refractivity contribution in [3.05, 3.63) is 58.7 Å². The van der Waals surface area contributed by atoms with Crippen LogP contribution in [0, 0.1) is 0 Å². The molecular formula is C34H45ClN18O6. The van der Waals surface area contributed by atoms with Gasteiger partial charge in [-0.15, -0.1) is 32.8 Å². The van der Waals surface area contributed by atoms with Crippen LogP contribution in [0.2, 0.25) is 0 Å². The van der Waals surface area contributed by atoms with Crippen molar-refractivity contribution in [1.82, 2.24) is 0 Å². The fourth-order valence-corrected chi connectivity index (χ4v) is 4.58. The minimum absolute atomic E-state index is 0. The SMILES string of the molecule is Cl.NC(N)=N/N=C\C(=O)c1cc(NC(=O)CCCCCCCCC(=O)Nc2cc(C(=O)/C=N/N=C(N)N)cc(C(=O)/C=N/N=C(N)N)c2)cc(C(=O)/C=N/N=C(N)N)c1. The van der Waals surface area contributed by atoms with E-state index < -0.39 is 23.1 Å². The Morgan fingerprint density at radius 1 is 0.407 bits per heavy atom. The van der Waals surface area contributed by atoms with Crippen LogP contribution >= 0.6 is 12.4 Å². The number of amides is 2. The molecule has 314 valence electrons. The molecule has 2 amide bonds. The lowest BCUT2D eigenvalue weighted by molar-refractivity contribution is -0.117. The molecule has 0 unspecified atom stereocenters. The standard InChI is InChI=1S/C34H44N18O6.ClH/c35-31(36)49-43-15-25(53)19-9-20(26(54)16-44-50-32(37)38)12-23(11-19)47-29(57)7-5-3-1-2-4-6-8-30(58)48-24-13-21(27(55)17-45-51-33(39)40)10-22(14-24)28(56)18-46-52-34(41)42;/h9-18H,1-8H2,(H,47,57)(H,48,58)(H4,35,36,49)(H4,37,38,50)(H4,39,40,51)(H4,41,42,52);1H/b43-15-,44-16+,45-17+,46-18+;. The zero-order valence-electron chi connectivity index (χ0n) is 31.5. The molecule has 18 N–H and O–H groups in total. The predicted octanol–water partition coefficient (Wildman–Crippen LogP) is -0.426. The summed E-state index contributed by atoms with van der Waals surface area (Å²) in [4.78, 5) is 76.1. The van der Waals surface area contributed by atoms with Gasteiger partial charge >= 0.3 is 0 Å². The van der Waals surface area contributed by atoms with Crippen molar-refractivity contribution in [2.45, 2.75) is 51.4 Å². The number of carbonyl (C=O) groups is 6. The maximum absolute atomic E-state index is 12.7. The second-order valence-electron chi connectivity index (χ2n) is 11.9. The van der Waals surface area contributed by atoms with Gasteiger partial charge in [-0.1, -0.05) is 25.7 Å². The third-order valence-corrected chi connectivity index (χ3v) is 7.02. The lowest BCUT2D eigenvalue weighted by atomic mass is 10.0. The van der Waals surface area contributed by atoms with Gasteiger partial charge in [0.05, 0.1) is 24.9 Å². The zero-order valence-corrected chi connectivity index (χ0v) is 32.3. The molecule has 0 fully saturated rings. The van der Waals surface area contributed by atoms with E-state index >= 15 is 0 Å². The fourth-order valence-electron chi connectivity index (χ4n) is 4.58. The van der Waals surface area contributed by atoms with Crippen LogP contribution in [0.5, 0.6) is 0 Å². The molecule has 0 aromatic heterocycles. The highest BCUT2D eigenvalue weighted by Crippen LogP contribution is 2.19. The van der Waals surface area contributed by atoms with Crippen LogP contribution in [-0.2, 0) is 9.59 Å². The second-order valence-corrected chi connectivity index (χ2v) is 11.9. The summed E-state index contributed by atoms with van der Waals surface area (Å²) >= 11 is 0. The number of carbonyl (C=O) groups excluding carboxylic acids is 6. The summed E-state index contributed by atoms with van der Waals surface area (Å²) in [5, 5.41) is 32.7. The molecule has 0 bridgehead atoms. The van der Waals surface area contributed by atoms with E-state index in [1.165, 1.54) is 36.4 Å². The average Bonchev–Trinajstić information content (AvgIpc) is 3.14. The molecule has 2 aromatic rings. The Balaban J connectivity index is 0.0000174. The molecule has 0 spiro atoms. The smallest absolute Gasteiger partial charge is 0.224 e. The first-order valence-corrected chi connectivity index (χ1v) is 17.1. The van der Waals surface area contributed by atoms with E-state index in [9.17, 15) is 28.8 Å². The Bertz CT molecular complexity index is 1830. The molecule has 0 aliphatic heterocycles. The molecule has 0 saturated carbocycles. The van der Waals surface area contributed by atoms with Crippen LogP contribution in [0.25, 0.3) is 0 Å². The Morgan fingerprint density at radius 2 is 0.644 bits per heavy atom. The minimum atomic E-state index is -0.657. The second kappa shape index (κ2) is 26.1. The van der Waals surface area contributed by atoms with E-state index in [-0.39, 0.29) is 94.5 Å². The first-order valence-electron chi connectivity index (χ1n) is 17.1. The number of nitrogens with one attached hydrogen (secondary N) is 2. The van der Waals surface area contributed by atoms with Gasteiger partial charge in [-0.3, -0.25) is 28.8 Å². The number of nitrogens with zero attached hydrogens (tertiary/aromatic N) is 8. The van der Waals surface area contributed by atoms with E-state index in [0.717, 1.165) is 37.7 Å². The topological polar surface area (TPSA) is 434 Å². The predicted molar refractivity (Wildman–Crippen MR) is 229 cm³/mol. The largest absolute Gasteiger partial charge is 0.369 e. The third kappa shape index (κ3) is 20.6. The number of nitrogens with two attached hydrogens (primary N) is 8. The van der Waals surface area contributed by atoms with Gasteiger partial charge in [-0.25, -0.2) is 0 Å². The number of Topliss-reactive ketones (excluding diaryl/α,β-unsaturated/α-hetero) is 4. The van der Waals surface area contributed by atoms with Crippen LogP contribution in [0.1, 0.15) is 92.8 Å². The van der Waals surface area contributed by atoms with Gasteiger partial charge in [0.25, 0.3) is 0 Å². The Morgan fingerprint density at radius 3 is 0.881 bits per heavy atom. The van der Waals surface area contributed by atoms with E-state index in [1.54, 1.807) is 0 Å². The highest BCUT2D eigenvalue weighted by molar-refractivity contribution is 6.39. The van der Waals surface area contributed by atoms with Crippen molar-refractivity contribution in [3.8, 4) is 0 Å². The average molecular weight is 837 g/mol. The molecule has 0 atom stereocenters. The highest BCUT2D eigenvalue weighted by Gasteiger charge is 2.15. The van der Waals surface area contributed by atoms with E-state index in [0.29, 0.717) is 25.7 Å². The first kappa shape index (κ1) is 49.1. The molecule has 2 aromatic carbocycles. The summed E-state index contributed by atoms with van der Waals surface area (Å²) in [5.74, 6) is -4.83. The van der Waals surface area contributed by atoms with Gasteiger partial charge in [0.1, 0.15) is 0 Å². The maximum atomic E-state index is 12.7. The van der Waals surface area contributed by atoms with Crippen molar-refractivity contribution in [1.29, 1.82) is 0 Å². The third-order valence-electron chi connectivity index (χ3n) is 7.02. The zero-order chi connectivity index (χ0) is 43.0. The lowest BCUT2D eigenvalue weighted by Gasteiger charge is -2.09. The molecule has 59 heavy (non-hydrogen) atoms. The number of hydrogen-bond acceptors (Lipinski definition) is 14. The summed E-state index contributed by atoms with van der Waals surface area (Å²) in [7, 11) is 0. The minimum Gasteiger partial charge on any atom is -0.369 e. The molecule has 0 aliphatic carbocycles. The molecule has 0 saturated heterocycles. The van der Waals surface area contributed by atoms with E-state index in [4.69, 9.17) is 45.9 Å². The maximum Gasteiger partial charge on any atom is 0.224 e.